The largest absolute Gasteiger partial charge is 0.346 e. The minimum atomic E-state index is -0.261. The summed E-state index contributed by atoms with van der Waals surface area (Å²) in [5.74, 6) is 0.995. The van der Waals surface area contributed by atoms with Crippen molar-refractivity contribution in [2.24, 2.45) is 4.99 Å². The van der Waals surface area contributed by atoms with Gasteiger partial charge < -0.3 is 9.88 Å². The molecule has 4 heteroatoms. The highest BCUT2D eigenvalue weighted by atomic mass is 15.2. The molecule has 0 bridgehead atoms. The fraction of sp³-hybridized carbons (Fsp3) is 0.0227. The van der Waals surface area contributed by atoms with Crippen LogP contribution in [0.25, 0.3) is 65.9 Å². The Morgan fingerprint density at radius 1 is 0.458 bits per heavy atom. The number of allylic oxidation sites excluding steroid dienone is 1. The zero-order chi connectivity index (χ0) is 31.6. The van der Waals surface area contributed by atoms with E-state index in [1.807, 2.05) is 0 Å². The second kappa shape index (κ2) is 10.6. The standard InChI is InChI=1S/C44H30N4/c1-4-16-29(17-5-1)37-28-39(46-44(45-37)30-18-6-2-7-19-30)48-41-35-25-13-11-23-33(35)32-22-10-12-24-34(32)40(41)43-42(48)36-26-14-15-27-38(36)47(43)31-20-8-3-9-21-31/h1-28,44,46H. The predicted molar refractivity (Wildman–Crippen MR) is 201 cm³/mol. The molecule has 1 N–H and O–H groups in total. The van der Waals surface area contributed by atoms with Crippen LogP contribution in [0.2, 0.25) is 0 Å². The Hall–Kier alpha value is -6.39. The van der Waals surface area contributed by atoms with Crippen LogP contribution >= 0.6 is 0 Å². The van der Waals surface area contributed by atoms with Gasteiger partial charge in [-0.2, -0.15) is 0 Å². The van der Waals surface area contributed by atoms with E-state index in [1.165, 1.54) is 54.4 Å². The molecule has 0 spiro atoms. The lowest BCUT2D eigenvalue weighted by atomic mass is 9.97. The van der Waals surface area contributed by atoms with Gasteiger partial charge in [-0.3, -0.25) is 9.56 Å². The molecule has 0 aliphatic carbocycles. The number of aliphatic imine (C=N–C) groups is 1. The molecule has 0 radical (unpaired) electrons. The maximum atomic E-state index is 5.28. The molecular formula is C44H30N4. The molecule has 48 heavy (non-hydrogen) atoms. The summed E-state index contributed by atoms with van der Waals surface area (Å²) >= 11 is 0. The minimum Gasteiger partial charge on any atom is -0.346 e. The van der Waals surface area contributed by atoms with E-state index >= 15 is 0 Å². The van der Waals surface area contributed by atoms with Gasteiger partial charge in [-0.1, -0.05) is 146 Å². The molecule has 4 nitrogen and oxygen atoms in total. The maximum Gasteiger partial charge on any atom is 0.146 e. The van der Waals surface area contributed by atoms with Crippen LogP contribution in [-0.4, -0.2) is 14.8 Å². The molecule has 10 rings (SSSR count). The highest BCUT2D eigenvalue weighted by Gasteiger charge is 2.28. The van der Waals surface area contributed by atoms with E-state index in [4.69, 9.17) is 4.99 Å². The highest BCUT2D eigenvalue weighted by Crippen LogP contribution is 2.46. The summed E-state index contributed by atoms with van der Waals surface area (Å²) in [6, 6.07) is 58.3. The summed E-state index contributed by atoms with van der Waals surface area (Å²) < 4.78 is 4.93. The molecule has 226 valence electrons. The molecular weight excluding hydrogens is 585 g/mol. The summed E-state index contributed by atoms with van der Waals surface area (Å²) in [7, 11) is 0. The first-order valence-corrected chi connectivity index (χ1v) is 16.4. The molecule has 0 saturated heterocycles. The van der Waals surface area contributed by atoms with E-state index in [1.54, 1.807) is 0 Å². The van der Waals surface area contributed by atoms with E-state index in [0.29, 0.717) is 0 Å². The SMILES string of the molecule is C1=C(n2c3c4ccccc4c4ccccc4c3c3c2c2ccccc2n3-c2ccccc2)NC(c2ccccc2)N=C1c1ccccc1. The van der Waals surface area contributed by atoms with Gasteiger partial charge in [-0.05, 0) is 45.5 Å². The molecule has 7 aromatic carbocycles. The molecule has 3 heterocycles. The third-order valence-corrected chi connectivity index (χ3v) is 9.70. The van der Waals surface area contributed by atoms with Gasteiger partial charge in [-0.15, -0.1) is 0 Å². The molecule has 1 aliphatic rings. The summed E-state index contributed by atoms with van der Waals surface area (Å²) in [6.45, 7) is 0. The molecule has 1 atom stereocenters. The summed E-state index contributed by atoms with van der Waals surface area (Å²) in [5.41, 5.74) is 9.02. The van der Waals surface area contributed by atoms with Crippen LogP contribution in [0.3, 0.4) is 0 Å². The van der Waals surface area contributed by atoms with E-state index in [2.05, 4.69) is 184 Å². The van der Waals surface area contributed by atoms with Crippen molar-refractivity contribution >= 4 is 65.9 Å². The van der Waals surface area contributed by atoms with Crippen LogP contribution in [0.15, 0.2) is 175 Å². The Morgan fingerprint density at radius 3 is 1.75 bits per heavy atom. The fourth-order valence-corrected chi connectivity index (χ4v) is 7.68. The van der Waals surface area contributed by atoms with Crippen LogP contribution < -0.4 is 5.32 Å². The van der Waals surface area contributed by atoms with E-state index in [9.17, 15) is 0 Å². The minimum absolute atomic E-state index is 0.261. The Kier molecular flexibility index (Phi) is 5.90. The summed E-state index contributed by atoms with van der Waals surface area (Å²) in [6.07, 6.45) is 1.97. The number of nitrogens with zero attached hydrogens (tertiary/aromatic N) is 3. The zero-order valence-electron chi connectivity index (χ0n) is 26.1. The molecule has 0 fully saturated rings. The van der Waals surface area contributed by atoms with Crippen molar-refractivity contribution in [3.63, 3.8) is 0 Å². The average molecular weight is 615 g/mol. The Morgan fingerprint density at radius 2 is 1.02 bits per heavy atom. The van der Waals surface area contributed by atoms with E-state index in [-0.39, 0.29) is 6.17 Å². The quantitative estimate of drug-likeness (QED) is 0.197. The van der Waals surface area contributed by atoms with Crippen molar-refractivity contribution in [3.05, 3.63) is 181 Å². The van der Waals surface area contributed by atoms with E-state index < -0.39 is 0 Å². The highest BCUT2D eigenvalue weighted by molar-refractivity contribution is 6.35. The molecule has 0 amide bonds. The first-order valence-electron chi connectivity index (χ1n) is 16.4. The Bertz CT molecular complexity index is 2730. The normalized spacial score (nSPS) is 14.9. The lowest BCUT2D eigenvalue weighted by molar-refractivity contribution is 0.646. The van der Waals surface area contributed by atoms with Crippen LogP contribution in [0.4, 0.5) is 0 Å². The van der Waals surface area contributed by atoms with Crippen molar-refractivity contribution in [3.8, 4) is 5.69 Å². The number of rotatable bonds is 4. The third-order valence-electron chi connectivity index (χ3n) is 9.70. The second-order valence-electron chi connectivity index (χ2n) is 12.4. The van der Waals surface area contributed by atoms with Crippen LogP contribution in [0.1, 0.15) is 17.3 Å². The smallest absolute Gasteiger partial charge is 0.146 e. The maximum absolute atomic E-state index is 5.28. The molecule has 2 aromatic heterocycles. The topological polar surface area (TPSA) is 34.2 Å². The lowest BCUT2D eigenvalue weighted by Crippen LogP contribution is -2.27. The number of para-hydroxylation sites is 2. The number of benzene rings is 7. The van der Waals surface area contributed by atoms with Gasteiger partial charge in [0, 0.05) is 27.9 Å². The van der Waals surface area contributed by atoms with E-state index in [0.717, 1.165) is 28.3 Å². The Labute approximate surface area is 277 Å². The van der Waals surface area contributed by atoms with Gasteiger partial charge in [0.2, 0.25) is 0 Å². The summed E-state index contributed by atoms with van der Waals surface area (Å²) in [5, 5.41) is 11.3. The average Bonchev–Trinajstić information content (AvgIpc) is 3.69. The van der Waals surface area contributed by atoms with Crippen molar-refractivity contribution < 1.29 is 0 Å². The lowest BCUT2D eigenvalue weighted by Gasteiger charge is -2.26. The Balaban J connectivity index is 1.42. The van der Waals surface area contributed by atoms with Crippen molar-refractivity contribution in [2.75, 3.05) is 0 Å². The van der Waals surface area contributed by atoms with Crippen molar-refractivity contribution in [1.29, 1.82) is 0 Å². The fourth-order valence-electron chi connectivity index (χ4n) is 7.68. The molecule has 9 aromatic rings. The number of aromatic nitrogens is 2. The predicted octanol–water partition coefficient (Wildman–Crippen LogP) is 10.6. The van der Waals surface area contributed by atoms with Gasteiger partial charge >= 0.3 is 0 Å². The number of hydrogen-bond donors (Lipinski definition) is 1. The first kappa shape index (κ1) is 26.8. The van der Waals surface area contributed by atoms with Crippen LogP contribution in [-0.2, 0) is 0 Å². The van der Waals surface area contributed by atoms with Crippen molar-refractivity contribution in [1.82, 2.24) is 14.5 Å². The van der Waals surface area contributed by atoms with Crippen LogP contribution in [0, 0.1) is 0 Å². The zero-order valence-corrected chi connectivity index (χ0v) is 26.1. The first-order chi connectivity index (χ1) is 23.8. The van der Waals surface area contributed by atoms with Gasteiger partial charge in [-0.25, -0.2) is 0 Å². The molecule has 1 aliphatic heterocycles. The summed E-state index contributed by atoms with van der Waals surface area (Å²) in [4.78, 5) is 5.28. The second-order valence-corrected chi connectivity index (χ2v) is 12.4. The number of nitrogens with one attached hydrogen (secondary N) is 1. The van der Waals surface area contributed by atoms with Gasteiger partial charge in [0.15, 0.2) is 0 Å². The number of hydrogen-bond acceptors (Lipinski definition) is 2. The molecule has 1 unspecified atom stereocenters. The van der Waals surface area contributed by atoms with Gasteiger partial charge in [0.25, 0.3) is 0 Å². The third kappa shape index (κ3) is 3.93. The van der Waals surface area contributed by atoms with Crippen LogP contribution in [0.5, 0.6) is 0 Å². The van der Waals surface area contributed by atoms with Gasteiger partial charge in [0.05, 0.1) is 27.8 Å². The van der Waals surface area contributed by atoms with Crippen molar-refractivity contribution in [2.45, 2.75) is 6.17 Å². The van der Waals surface area contributed by atoms with Gasteiger partial charge in [0.1, 0.15) is 12.0 Å². The number of fused-ring (bicyclic) bond motifs is 10. The molecule has 0 saturated carbocycles. The monoisotopic (exact) mass is 614 g/mol.